The minimum absolute atomic E-state index is 0.0215. The number of aromatic amines is 1. The van der Waals surface area contributed by atoms with Gasteiger partial charge in [-0.05, 0) is 130 Å². The minimum atomic E-state index is -1.82. The molecule has 0 saturated carbocycles. The molecule has 708 valence electrons. The molecule has 6 heterocycles. The number of carbonyl (C=O) groups is 17. The smallest absolute Gasteiger partial charge is 0.323 e. The van der Waals surface area contributed by atoms with Crippen LogP contribution in [-0.4, -0.2) is 288 Å². The van der Waals surface area contributed by atoms with Gasteiger partial charge < -0.3 is 114 Å². The number of carbonyl (C=O) groups excluding carboxylic acids is 15. The Morgan fingerprint density at radius 2 is 1.07 bits per heavy atom. The summed E-state index contributed by atoms with van der Waals surface area (Å²) in [4.78, 5) is 256. The van der Waals surface area contributed by atoms with Crippen LogP contribution < -0.4 is 65.1 Å². The number of carboxylic acid groups (broad SMARTS) is 2. The molecule has 5 aromatic rings. The standard InChI is InChI=1S/C90H126ClN19O20/c1-7-9-23-69-82(122)100-62(40-51(3)4)78(118)95-37-17-15-28-75(113)97-64(41-52-29-31-55(91)32-30-52)88(128)108-38-18-16-26-70(108)83(123)103-66(45-74(94)112)89(129)109-39-19-27-71(109)84(124)104-67(46-93)81(121)99-61(33-34-76(114)115)87(127)110-49-56(111)44-73(110)85(125)101-63(42-53-47-96-59-22-13-11-20-57(53)59)80(120)98-60(35-36-92)79(119)102-65(86(126)106(6)72(24-10-8-2)90(130)105(69)5)43-54-48-107(50-77(116)117)68-25-14-12-21-58(54)68/h11-14,20-22,25,29-32,47-48,51,56,60-67,69-73,96,111H,7-10,15-19,23-24,26-28,33-46,49-50,92-93H2,1-6H3,(H2,94,112)(H,95,118)(H,97,113)(H,98,120)(H,99,121)(H,100,122)(H,101,125)(H,102,119)(H,103,123)(H,104,124)(H,114,115)(H,116,117)/t56-,60+,61+,62+,63+,64+,65+,66+,67+,69+,70+,71+,72+,73+/m1/s1. The molecule has 14 atom stereocenters. The number of rotatable bonds is 24. The summed E-state index contributed by atoms with van der Waals surface area (Å²) in [6.07, 6.45) is 1.51. The topological polar surface area (TPSA) is 574 Å². The number of aromatic nitrogens is 2. The highest BCUT2D eigenvalue weighted by Gasteiger charge is 2.47. The van der Waals surface area contributed by atoms with Crippen molar-refractivity contribution in [1.29, 1.82) is 0 Å². The minimum Gasteiger partial charge on any atom is -0.481 e. The molecule has 15 amide bonds. The van der Waals surface area contributed by atoms with Gasteiger partial charge in [-0.25, -0.2) is 0 Å². The summed E-state index contributed by atoms with van der Waals surface area (Å²) in [6, 6.07) is 0.815. The lowest BCUT2D eigenvalue weighted by Crippen LogP contribution is -2.62. The summed E-state index contributed by atoms with van der Waals surface area (Å²) in [5.41, 5.74) is 20.6. The van der Waals surface area contributed by atoms with Gasteiger partial charge in [0, 0.05) is 125 Å². The number of nitrogens with one attached hydrogen (secondary N) is 10. The average molecular weight is 1830 g/mol. The number of nitrogens with two attached hydrogens (primary N) is 3. The van der Waals surface area contributed by atoms with E-state index in [-0.39, 0.29) is 116 Å². The van der Waals surface area contributed by atoms with Crippen molar-refractivity contribution < 1.29 is 96.8 Å². The average Bonchev–Trinajstić information content (AvgIpc) is 1.56. The Bertz CT molecular complexity index is 4890. The molecule has 9 rings (SSSR count). The second-order valence-electron chi connectivity index (χ2n) is 34.5. The van der Waals surface area contributed by atoms with Crippen molar-refractivity contribution >= 4 is 134 Å². The summed E-state index contributed by atoms with van der Waals surface area (Å²) in [6.45, 7) is 5.39. The molecule has 0 bridgehead atoms. The lowest BCUT2D eigenvalue weighted by Gasteiger charge is -2.38. The maximum Gasteiger partial charge on any atom is 0.323 e. The number of nitrogens with zero attached hydrogens (tertiary/aromatic N) is 6. The highest BCUT2D eigenvalue weighted by molar-refractivity contribution is 6.30. The van der Waals surface area contributed by atoms with Gasteiger partial charge in [-0.3, -0.25) is 81.5 Å². The fourth-order valence-electron chi connectivity index (χ4n) is 17.4. The van der Waals surface area contributed by atoms with Gasteiger partial charge in [0.2, 0.25) is 88.6 Å². The molecule has 0 aliphatic carbocycles. The van der Waals surface area contributed by atoms with Crippen molar-refractivity contribution in [3.8, 4) is 0 Å². The van der Waals surface area contributed by atoms with E-state index in [1.165, 1.54) is 39.6 Å². The summed E-state index contributed by atoms with van der Waals surface area (Å²) in [5, 5.41) is 57.5. The molecule has 40 heteroatoms. The molecule has 3 aromatic carbocycles. The zero-order valence-corrected chi connectivity index (χ0v) is 75.3. The Morgan fingerprint density at radius 3 is 1.72 bits per heavy atom. The number of piperidine rings is 1. The number of unbranched alkanes of at least 4 members (excludes halogenated alkanes) is 2. The highest BCUT2D eigenvalue weighted by atomic mass is 35.5. The monoisotopic (exact) mass is 1830 g/mol. The third-order valence-electron chi connectivity index (χ3n) is 24.3. The number of carboxylic acids is 2. The fourth-order valence-corrected chi connectivity index (χ4v) is 17.5. The number of likely N-dealkylation sites (N-methyl/N-ethyl adjacent to an activating group) is 2. The molecule has 39 nitrogen and oxygen atoms in total. The van der Waals surface area contributed by atoms with E-state index in [4.69, 9.17) is 28.8 Å². The van der Waals surface area contributed by atoms with Crippen molar-refractivity contribution in [2.75, 3.05) is 53.4 Å². The second kappa shape index (κ2) is 48.5. The lowest BCUT2D eigenvalue weighted by atomic mass is 9.97. The third-order valence-corrected chi connectivity index (χ3v) is 24.6. The predicted octanol–water partition coefficient (Wildman–Crippen LogP) is 0.529. The molecule has 4 aliphatic rings. The molecule has 0 spiro atoms. The van der Waals surface area contributed by atoms with Gasteiger partial charge in [0.05, 0.1) is 12.5 Å². The first-order valence-electron chi connectivity index (χ1n) is 44.9. The molecule has 19 N–H and O–H groups in total. The maximum atomic E-state index is 15.9. The first kappa shape index (κ1) is 102. The second-order valence-corrected chi connectivity index (χ2v) is 34.9. The Kier molecular flexibility index (Phi) is 37.9. The van der Waals surface area contributed by atoms with Gasteiger partial charge in [-0.15, -0.1) is 0 Å². The van der Waals surface area contributed by atoms with Crippen LogP contribution in [0.1, 0.15) is 173 Å². The maximum absolute atomic E-state index is 15.9. The van der Waals surface area contributed by atoms with Crippen molar-refractivity contribution in [3.05, 3.63) is 107 Å². The number of halogens is 1. The lowest BCUT2D eigenvalue weighted by molar-refractivity contribution is -0.149. The van der Waals surface area contributed by atoms with E-state index in [0.717, 1.165) is 9.80 Å². The molecule has 2 aromatic heterocycles. The number of para-hydroxylation sites is 2. The molecule has 4 fully saturated rings. The van der Waals surface area contributed by atoms with Crippen molar-refractivity contribution in [2.24, 2.45) is 23.1 Å². The Hall–Kier alpha value is -12.1. The Labute approximate surface area is 759 Å². The van der Waals surface area contributed by atoms with Crippen LogP contribution in [0, 0.1) is 5.92 Å². The number of aliphatic hydroxyl groups excluding tert-OH is 1. The molecular weight excluding hydrogens is 1700 g/mol. The summed E-state index contributed by atoms with van der Waals surface area (Å²) in [7, 11) is 2.80. The first-order chi connectivity index (χ1) is 62.0. The van der Waals surface area contributed by atoms with Gasteiger partial charge in [-0.1, -0.05) is 114 Å². The first-order valence-corrected chi connectivity index (χ1v) is 45.2. The zero-order chi connectivity index (χ0) is 94.7. The van der Waals surface area contributed by atoms with Gasteiger partial charge in [0.15, 0.2) is 0 Å². The number of aliphatic carboxylic acids is 2. The molecule has 4 aliphatic heterocycles. The number of primary amides is 1. The van der Waals surface area contributed by atoms with E-state index in [1.807, 2.05) is 27.7 Å². The van der Waals surface area contributed by atoms with Crippen LogP contribution in [0.2, 0.25) is 5.02 Å². The van der Waals surface area contributed by atoms with Crippen LogP contribution in [-0.2, 0) is 107 Å². The highest BCUT2D eigenvalue weighted by Crippen LogP contribution is 2.30. The van der Waals surface area contributed by atoms with Crippen LogP contribution in [0.3, 0.4) is 0 Å². The number of benzene rings is 3. The number of hydrogen-bond acceptors (Lipinski definition) is 20. The molecule has 0 radical (unpaired) electrons. The predicted molar refractivity (Wildman–Crippen MR) is 478 cm³/mol. The van der Waals surface area contributed by atoms with Gasteiger partial charge in [0.1, 0.15) is 85.1 Å². The van der Waals surface area contributed by atoms with E-state index in [2.05, 4.69) is 52.8 Å². The molecule has 0 unspecified atom stereocenters. The number of aliphatic hydroxyl groups is 1. The van der Waals surface area contributed by atoms with Crippen LogP contribution in [0.4, 0.5) is 0 Å². The zero-order valence-electron chi connectivity index (χ0n) is 74.5. The Morgan fingerprint density at radius 1 is 0.515 bits per heavy atom. The van der Waals surface area contributed by atoms with Crippen LogP contribution in [0.15, 0.2) is 85.2 Å². The van der Waals surface area contributed by atoms with E-state index in [1.54, 1.807) is 79.0 Å². The van der Waals surface area contributed by atoms with E-state index in [0.29, 0.717) is 82.0 Å². The van der Waals surface area contributed by atoms with E-state index < -0.39 is 231 Å². The summed E-state index contributed by atoms with van der Waals surface area (Å²) >= 11 is 6.27. The van der Waals surface area contributed by atoms with Gasteiger partial charge in [0.25, 0.3) is 0 Å². The van der Waals surface area contributed by atoms with E-state index >= 15 is 38.4 Å². The van der Waals surface area contributed by atoms with Crippen LogP contribution in [0.25, 0.3) is 21.8 Å². The van der Waals surface area contributed by atoms with Gasteiger partial charge >= 0.3 is 11.9 Å². The van der Waals surface area contributed by atoms with Crippen molar-refractivity contribution in [3.63, 3.8) is 0 Å². The van der Waals surface area contributed by atoms with E-state index in [9.17, 15) is 58.5 Å². The Balaban J connectivity index is 1.08. The number of hydrogen-bond donors (Lipinski definition) is 16. The summed E-state index contributed by atoms with van der Waals surface area (Å²) < 4.78 is 1.45. The van der Waals surface area contributed by atoms with Crippen molar-refractivity contribution in [2.45, 2.75) is 267 Å². The number of H-pyrrole nitrogens is 1. The van der Waals surface area contributed by atoms with Gasteiger partial charge in [-0.2, -0.15) is 0 Å². The number of fused-ring (bicyclic) bond motifs is 5. The molecular formula is C90H126ClN19O20. The third kappa shape index (κ3) is 27.5. The van der Waals surface area contributed by atoms with Crippen molar-refractivity contribution in [1.82, 2.24) is 81.9 Å². The van der Waals surface area contributed by atoms with Crippen LogP contribution >= 0.6 is 11.6 Å². The molecule has 4 saturated heterocycles. The number of amides is 15. The largest absolute Gasteiger partial charge is 0.481 e. The molecule has 130 heavy (non-hydrogen) atoms. The van der Waals surface area contributed by atoms with Crippen LogP contribution in [0.5, 0.6) is 0 Å². The summed E-state index contributed by atoms with van der Waals surface area (Å²) in [5.74, 6) is -15.8. The fraction of sp³-hybridized carbons (Fsp3) is 0.567. The normalized spacial score (nSPS) is 25.3. The SMILES string of the molecule is CCCC[C@H]1C(=O)N(C)[C@@H](CCCC)C(=O)N[C@@H](CC(C)C)C(=O)NCCCCC(=O)N[C@@H](Cc2ccc(Cl)cc2)C(=O)N2CCCC[C@H]2C(=O)N[C@@H](CC(N)=O)C(=O)N2CCC[C@H]2C(=O)N[C@@H](CN)C(=O)N[C@@H](CCC(=O)O)C(=O)N2C[C@H](O)C[C@H]2C(=O)N[C@@H](Cc2c[nH]c3ccccc23)C(=O)N[C@@H](CCN)C(=O)N[C@@H](Cc2cn(CC(=O)O)c3ccccc23)C(=O)N1C. The quantitative estimate of drug-likeness (QED) is 0.0401.